The Bertz CT molecular complexity index is 492. The van der Waals surface area contributed by atoms with E-state index in [2.05, 4.69) is 12.1 Å². The molecule has 1 fully saturated rings. The van der Waals surface area contributed by atoms with Crippen LogP contribution in [0.15, 0.2) is 30.3 Å². The lowest BCUT2D eigenvalue weighted by Gasteiger charge is -2.31. The van der Waals surface area contributed by atoms with E-state index in [0.29, 0.717) is 18.9 Å². The van der Waals surface area contributed by atoms with Gasteiger partial charge < -0.3 is 9.64 Å². The minimum Gasteiger partial charge on any atom is -0.466 e. The number of carbonyl (C=O) groups excluding carboxylic acids is 2. The molecule has 0 radical (unpaired) electrons. The molecule has 0 saturated carbocycles. The Morgan fingerprint density at radius 1 is 1.32 bits per heavy atom. The highest BCUT2D eigenvalue weighted by Gasteiger charge is 2.29. The molecule has 5 heteroatoms. The highest BCUT2D eigenvalue weighted by molar-refractivity contribution is 7.99. The topological polar surface area (TPSA) is 46.6 Å². The number of piperidine rings is 1. The molecule has 1 amide bonds. The van der Waals surface area contributed by atoms with Crippen LogP contribution < -0.4 is 0 Å². The summed E-state index contributed by atoms with van der Waals surface area (Å²) in [6, 6.07) is 10.1. The van der Waals surface area contributed by atoms with E-state index >= 15 is 0 Å². The first-order chi connectivity index (χ1) is 10.7. The van der Waals surface area contributed by atoms with Crippen molar-refractivity contribution in [1.82, 2.24) is 4.90 Å². The van der Waals surface area contributed by atoms with Crippen LogP contribution >= 0.6 is 11.8 Å². The third-order valence-corrected chi connectivity index (χ3v) is 4.72. The van der Waals surface area contributed by atoms with Gasteiger partial charge in [0.15, 0.2) is 0 Å². The first-order valence-corrected chi connectivity index (χ1v) is 8.92. The number of hydrogen-bond acceptors (Lipinski definition) is 4. The van der Waals surface area contributed by atoms with Crippen LogP contribution in [0.3, 0.4) is 0 Å². The van der Waals surface area contributed by atoms with Gasteiger partial charge in [-0.05, 0) is 25.3 Å². The van der Waals surface area contributed by atoms with Crippen molar-refractivity contribution in [3.63, 3.8) is 0 Å². The summed E-state index contributed by atoms with van der Waals surface area (Å²) in [4.78, 5) is 25.9. The van der Waals surface area contributed by atoms with Crippen molar-refractivity contribution in [3.8, 4) is 0 Å². The SMILES string of the molecule is CCOC(=O)[C@@H]1CCCN(C(=O)CSCc2ccccc2)C1. The average molecular weight is 321 g/mol. The van der Waals surface area contributed by atoms with Gasteiger partial charge in [-0.25, -0.2) is 0 Å². The van der Waals surface area contributed by atoms with Crippen LogP contribution in [-0.4, -0.2) is 42.2 Å². The van der Waals surface area contributed by atoms with Crippen LogP contribution in [0.2, 0.25) is 0 Å². The number of carbonyl (C=O) groups is 2. The third-order valence-electron chi connectivity index (χ3n) is 3.73. The molecule has 0 N–H and O–H groups in total. The average Bonchev–Trinajstić information content (AvgIpc) is 2.56. The lowest BCUT2D eigenvalue weighted by molar-refractivity contribution is -0.151. The number of esters is 1. The Morgan fingerprint density at radius 3 is 2.82 bits per heavy atom. The molecule has 1 heterocycles. The van der Waals surface area contributed by atoms with Gasteiger partial charge in [0.1, 0.15) is 0 Å². The van der Waals surface area contributed by atoms with E-state index in [-0.39, 0.29) is 17.8 Å². The van der Waals surface area contributed by atoms with Crippen LogP contribution in [-0.2, 0) is 20.1 Å². The van der Waals surface area contributed by atoms with Crippen molar-refractivity contribution >= 4 is 23.6 Å². The van der Waals surface area contributed by atoms with Crippen molar-refractivity contribution < 1.29 is 14.3 Å². The molecule has 0 bridgehead atoms. The van der Waals surface area contributed by atoms with Crippen LogP contribution in [0.1, 0.15) is 25.3 Å². The Hall–Kier alpha value is -1.49. The van der Waals surface area contributed by atoms with E-state index in [9.17, 15) is 9.59 Å². The first-order valence-electron chi connectivity index (χ1n) is 7.76. The van der Waals surface area contributed by atoms with Crippen molar-refractivity contribution in [2.45, 2.75) is 25.5 Å². The van der Waals surface area contributed by atoms with Gasteiger partial charge in [-0.3, -0.25) is 9.59 Å². The van der Waals surface area contributed by atoms with Crippen LogP contribution in [0.5, 0.6) is 0 Å². The maximum Gasteiger partial charge on any atom is 0.310 e. The Labute approximate surface area is 136 Å². The number of ether oxygens (including phenoxy) is 1. The van der Waals surface area contributed by atoms with Crippen molar-refractivity contribution in [2.24, 2.45) is 5.92 Å². The standard InChI is InChI=1S/C17H23NO3S/c1-2-21-17(20)15-9-6-10-18(11-15)16(19)13-22-12-14-7-4-3-5-8-14/h3-5,7-8,15H,2,6,9-13H2,1H3/t15-/m1/s1. The third kappa shape index (κ3) is 5.05. The van der Waals surface area contributed by atoms with E-state index in [1.807, 2.05) is 30.0 Å². The summed E-state index contributed by atoms with van der Waals surface area (Å²) in [6.45, 7) is 3.46. The Morgan fingerprint density at radius 2 is 2.09 bits per heavy atom. The molecule has 0 spiro atoms. The molecule has 1 aromatic carbocycles. The smallest absolute Gasteiger partial charge is 0.310 e. The van der Waals surface area contributed by atoms with Crippen molar-refractivity contribution in [3.05, 3.63) is 35.9 Å². The molecule has 0 aromatic heterocycles. The van der Waals surface area contributed by atoms with Crippen molar-refractivity contribution in [2.75, 3.05) is 25.4 Å². The van der Waals surface area contributed by atoms with Crippen LogP contribution in [0.4, 0.5) is 0 Å². The molecule has 120 valence electrons. The van der Waals surface area contributed by atoms with Gasteiger partial charge in [0, 0.05) is 18.8 Å². The number of hydrogen-bond donors (Lipinski definition) is 0. The summed E-state index contributed by atoms with van der Waals surface area (Å²) in [5.41, 5.74) is 1.23. The number of rotatable bonds is 6. The zero-order valence-corrected chi connectivity index (χ0v) is 13.8. The maximum absolute atomic E-state index is 12.3. The molecule has 2 rings (SSSR count). The van der Waals surface area contributed by atoms with Crippen LogP contribution in [0, 0.1) is 5.92 Å². The minimum absolute atomic E-state index is 0.120. The molecule has 0 aliphatic carbocycles. The van der Waals surface area contributed by atoms with Gasteiger partial charge in [-0.15, -0.1) is 11.8 Å². The number of thioether (sulfide) groups is 1. The monoisotopic (exact) mass is 321 g/mol. The molecule has 0 unspecified atom stereocenters. The lowest BCUT2D eigenvalue weighted by atomic mass is 9.98. The minimum atomic E-state index is -0.170. The van der Waals surface area contributed by atoms with E-state index in [4.69, 9.17) is 4.74 Å². The van der Waals surface area contributed by atoms with Gasteiger partial charge >= 0.3 is 5.97 Å². The first kappa shape index (κ1) is 16.9. The summed E-state index contributed by atoms with van der Waals surface area (Å²) in [5, 5.41) is 0. The second-order valence-electron chi connectivity index (χ2n) is 5.41. The van der Waals surface area contributed by atoms with Crippen LogP contribution in [0.25, 0.3) is 0 Å². The van der Waals surface area contributed by atoms with E-state index in [1.165, 1.54) is 5.56 Å². The Balaban J connectivity index is 1.75. The molecule has 1 aliphatic heterocycles. The molecule has 4 nitrogen and oxygen atoms in total. The van der Waals surface area contributed by atoms with Crippen molar-refractivity contribution in [1.29, 1.82) is 0 Å². The summed E-state index contributed by atoms with van der Waals surface area (Å²) >= 11 is 1.62. The van der Waals surface area contributed by atoms with Gasteiger partial charge in [0.05, 0.1) is 18.3 Å². The lowest BCUT2D eigenvalue weighted by Crippen LogP contribution is -2.43. The highest BCUT2D eigenvalue weighted by Crippen LogP contribution is 2.20. The number of nitrogens with zero attached hydrogens (tertiary/aromatic N) is 1. The molecule has 1 aromatic rings. The van der Waals surface area contributed by atoms with E-state index in [0.717, 1.165) is 25.1 Å². The summed E-state index contributed by atoms with van der Waals surface area (Å²) in [6.07, 6.45) is 1.69. The largest absolute Gasteiger partial charge is 0.466 e. The molecule has 1 aliphatic rings. The predicted molar refractivity (Wildman–Crippen MR) is 88.5 cm³/mol. The predicted octanol–water partition coefficient (Wildman–Crippen LogP) is 2.72. The molecule has 22 heavy (non-hydrogen) atoms. The zero-order chi connectivity index (χ0) is 15.8. The normalized spacial score (nSPS) is 18.0. The summed E-state index contributed by atoms with van der Waals surface area (Å²) in [7, 11) is 0. The van der Waals surface area contributed by atoms with Gasteiger partial charge in [0.25, 0.3) is 0 Å². The summed E-state index contributed by atoms with van der Waals surface area (Å²) < 4.78 is 5.07. The molecular formula is C17H23NO3S. The maximum atomic E-state index is 12.3. The summed E-state index contributed by atoms with van der Waals surface area (Å²) in [5.74, 6) is 1.09. The van der Waals surface area contributed by atoms with Gasteiger partial charge in [-0.1, -0.05) is 30.3 Å². The second kappa shape index (κ2) is 8.83. The molecular weight excluding hydrogens is 298 g/mol. The van der Waals surface area contributed by atoms with E-state index < -0.39 is 0 Å². The van der Waals surface area contributed by atoms with E-state index in [1.54, 1.807) is 11.8 Å². The number of benzene rings is 1. The fraction of sp³-hybridized carbons (Fsp3) is 0.529. The molecule has 1 saturated heterocycles. The van der Waals surface area contributed by atoms with Gasteiger partial charge in [-0.2, -0.15) is 0 Å². The number of likely N-dealkylation sites (tertiary alicyclic amines) is 1. The second-order valence-corrected chi connectivity index (χ2v) is 6.39. The fourth-order valence-corrected chi connectivity index (χ4v) is 3.47. The Kier molecular flexibility index (Phi) is 6.77. The zero-order valence-electron chi connectivity index (χ0n) is 13.0. The molecule has 1 atom stereocenters. The highest BCUT2D eigenvalue weighted by atomic mass is 32.2. The fourth-order valence-electron chi connectivity index (χ4n) is 2.58. The van der Waals surface area contributed by atoms with Gasteiger partial charge in [0.2, 0.25) is 5.91 Å². The number of amides is 1. The quantitative estimate of drug-likeness (QED) is 0.756.